The van der Waals surface area contributed by atoms with E-state index in [2.05, 4.69) is 0 Å². The summed E-state index contributed by atoms with van der Waals surface area (Å²) >= 11 is 0. The molecule has 1 fully saturated rings. The fourth-order valence-corrected chi connectivity index (χ4v) is 0.493. The van der Waals surface area contributed by atoms with Gasteiger partial charge in [0.15, 0.2) is 5.41 Å². The fraction of sp³-hybridized carbons (Fsp3) is 0.667. The Bertz CT molecular complexity index is 341. The van der Waals surface area contributed by atoms with Gasteiger partial charge in [0.2, 0.25) is 0 Å². The minimum absolute atomic E-state index is 2.23. The Morgan fingerprint density at radius 1 is 1.30 bits per heavy atom. The second-order valence-electron chi connectivity index (χ2n) is 1.74. The van der Waals surface area contributed by atoms with E-state index in [-0.39, 0.29) is 0 Å². The lowest BCUT2D eigenvalue weighted by atomic mass is 9.69. The normalized spacial score (nSPS) is 45.2. The third-order valence-corrected chi connectivity index (χ3v) is 1.14. The molecule has 0 atom stereocenters. The number of carbonyl (C=O) groups is 2. The highest BCUT2D eigenvalue weighted by molar-refractivity contribution is 5.99. The van der Waals surface area contributed by atoms with E-state index in [0.29, 0.717) is 0 Å². The maximum absolute atomic E-state index is 10.8. The van der Waals surface area contributed by atoms with Crippen LogP contribution in [0.5, 0.6) is 0 Å². The predicted octanol–water partition coefficient (Wildman–Crippen LogP) is 0.326. The number of hydrogen-bond acceptors (Lipinski definition) is 2. The van der Waals surface area contributed by atoms with Gasteiger partial charge in [-0.3, -0.25) is 9.59 Å². The van der Waals surface area contributed by atoms with Gasteiger partial charge in [0.05, 0.1) is 0 Å². The highest BCUT2D eigenvalue weighted by atomic mass is 16.4. The van der Waals surface area contributed by atoms with Crippen molar-refractivity contribution in [1.29, 1.82) is 0 Å². The van der Waals surface area contributed by atoms with Gasteiger partial charge < -0.3 is 10.2 Å². The average molecular weight is 150 g/mol. The van der Waals surface area contributed by atoms with E-state index in [9.17, 15) is 9.59 Å². The van der Waals surface area contributed by atoms with Crippen LogP contribution in [0.1, 0.15) is 27.3 Å². The van der Waals surface area contributed by atoms with Gasteiger partial charge in [-0.15, -0.1) is 0 Å². The largest absolute Gasteiger partial charge is 0.480 e. The minimum Gasteiger partial charge on any atom is -0.480 e. The first kappa shape index (κ1) is 2.53. The van der Waals surface area contributed by atoms with Crippen molar-refractivity contribution < 1.29 is 28.0 Å². The van der Waals surface area contributed by atoms with Crippen molar-refractivity contribution in [2.75, 3.05) is 0 Å². The number of carboxylic acid groups (broad SMARTS) is 2. The molecule has 1 aliphatic carbocycles. The van der Waals surface area contributed by atoms with Gasteiger partial charge >= 0.3 is 11.9 Å². The summed E-state index contributed by atoms with van der Waals surface area (Å²) in [6.45, 7) is 0. The smallest absolute Gasteiger partial charge is 0.321 e. The van der Waals surface area contributed by atoms with Crippen molar-refractivity contribution in [3.63, 3.8) is 0 Å². The summed E-state index contributed by atoms with van der Waals surface area (Å²) in [4.78, 5) is 21.7. The zero-order valence-corrected chi connectivity index (χ0v) is 4.71. The van der Waals surface area contributed by atoms with Crippen LogP contribution in [0, 0.1) is 5.41 Å². The topological polar surface area (TPSA) is 74.6 Å². The van der Waals surface area contributed by atoms with Crippen LogP contribution in [0.4, 0.5) is 0 Å². The van der Waals surface area contributed by atoms with Crippen LogP contribution in [0.2, 0.25) is 0 Å². The zero-order valence-electron chi connectivity index (χ0n) is 10.7. The molecule has 2 N–H and O–H groups in total. The molecule has 10 heavy (non-hydrogen) atoms. The molecule has 0 spiro atoms. The maximum Gasteiger partial charge on any atom is 0.321 e. The molecule has 0 aromatic rings. The quantitative estimate of drug-likeness (QED) is 0.556. The molecule has 56 valence electrons. The molecule has 0 radical (unpaired) electrons. The fourth-order valence-electron chi connectivity index (χ4n) is 0.493. The molecule has 1 saturated carbocycles. The maximum atomic E-state index is 10.8. The van der Waals surface area contributed by atoms with Crippen LogP contribution in [0.3, 0.4) is 0 Å². The Hall–Kier alpha value is -1.06. The summed E-state index contributed by atoms with van der Waals surface area (Å²) < 4.78 is 42.9. The van der Waals surface area contributed by atoms with E-state index in [1.165, 1.54) is 0 Å². The van der Waals surface area contributed by atoms with Crippen LogP contribution in [0.15, 0.2) is 0 Å². The number of hydrogen-bond donors (Lipinski definition) is 2. The molecule has 0 bridgehead atoms. The summed E-state index contributed by atoms with van der Waals surface area (Å²) in [6.07, 6.45) is -9.85. The third-order valence-electron chi connectivity index (χ3n) is 1.14. The molecule has 0 aromatic carbocycles. The summed E-state index contributed by atoms with van der Waals surface area (Å²) in [5.41, 5.74) is -3.43. The first-order chi connectivity index (χ1) is 6.89. The molecule has 1 rings (SSSR count). The molecule has 4 heteroatoms. The molecule has 0 amide bonds. The van der Waals surface area contributed by atoms with Gasteiger partial charge in [0.25, 0.3) is 0 Å². The lowest BCUT2D eigenvalue weighted by molar-refractivity contribution is -0.171. The molecular formula is C6H8O4. The van der Waals surface area contributed by atoms with Gasteiger partial charge in [-0.1, -0.05) is 0 Å². The number of aliphatic carboxylic acids is 2. The van der Waals surface area contributed by atoms with Gasteiger partial charge in [0.1, 0.15) is 0 Å². The van der Waals surface area contributed by atoms with Crippen LogP contribution in [0.25, 0.3) is 0 Å². The van der Waals surface area contributed by atoms with Crippen molar-refractivity contribution in [1.82, 2.24) is 0 Å². The summed E-state index contributed by atoms with van der Waals surface area (Å²) in [5, 5.41) is 17.5. The third kappa shape index (κ3) is 0.683. The lowest BCUT2D eigenvalue weighted by Gasteiger charge is -2.32. The Kier molecular flexibility index (Phi) is 0.497. The SMILES string of the molecule is [2H]C1([2H])C([2H])([2H])C(C(=O)O)(C(=O)O)C1([2H])[2H]. The zero-order chi connectivity index (χ0) is 13.2. The first-order valence-electron chi connectivity index (χ1n) is 5.36. The number of carboxylic acids is 2. The monoisotopic (exact) mass is 150 g/mol. The Morgan fingerprint density at radius 2 is 1.70 bits per heavy atom. The highest BCUT2D eigenvalue weighted by Gasteiger charge is 2.51. The Labute approximate surface area is 65.9 Å². The highest BCUT2D eigenvalue weighted by Crippen LogP contribution is 2.41. The summed E-state index contributed by atoms with van der Waals surface area (Å²) in [5.74, 6) is -4.46. The molecular weight excluding hydrogens is 136 g/mol. The molecule has 4 nitrogen and oxygen atoms in total. The summed E-state index contributed by atoms with van der Waals surface area (Å²) in [7, 11) is 0. The second kappa shape index (κ2) is 1.97. The van der Waals surface area contributed by atoms with E-state index in [1.54, 1.807) is 0 Å². The Morgan fingerprint density at radius 3 is 1.90 bits per heavy atom. The second-order valence-corrected chi connectivity index (χ2v) is 1.74. The Balaban J connectivity index is 3.55. The average Bonchev–Trinajstić information content (AvgIpc) is 2.00. The molecule has 0 saturated heterocycles. The van der Waals surface area contributed by atoms with Crippen molar-refractivity contribution in [3.8, 4) is 0 Å². The molecule has 1 aliphatic rings. The van der Waals surface area contributed by atoms with Crippen molar-refractivity contribution in [3.05, 3.63) is 0 Å². The first-order valence-corrected chi connectivity index (χ1v) is 2.36. The van der Waals surface area contributed by atoms with Crippen molar-refractivity contribution in [2.24, 2.45) is 5.41 Å². The van der Waals surface area contributed by atoms with Crippen LogP contribution < -0.4 is 0 Å². The standard InChI is InChI=1S/C6H8O4/c7-4(8)6(5(9)10)2-1-3-6/h1-3H2,(H,7,8)(H,9,10)/i1D2,2D2,3D2. The van der Waals surface area contributed by atoms with E-state index in [0.717, 1.165) is 0 Å². The van der Waals surface area contributed by atoms with Gasteiger partial charge in [-0.2, -0.15) is 0 Å². The van der Waals surface area contributed by atoms with Crippen LogP contribution >= 0.6 is 0 Å². The predicted molar refractivity (Wildman–Crippen MR) is 31.6 cm³/mol. The van der Waals surface area contributed by atoms with Crippen LogP contribution in [-0.4, -0.2) is 22.2 Å². The van der Waals surface area contributed by atoms with Gasteiger partial charge in [-0.25, -0.2) is 0 Å². The van der Waals surface area contributed by atoms with Crippen LogP contribution in [-0.2, 0) is 9.59 Å². The molecule has 0 heterocycles. The molecule has 0 unspecified atom stereocenters. The van der Waals surface area contributed by atoms with Crippen molar-refractivity contribution >= 4 is 11.9 Å². The van der Waals surface area contributed by atoms with Gasteiger partial charge in [-0.05, 0) is 19.1 Å². The minimum atomic E-state index is -3.43. The van der Waals surface area contributed by atoms with E-state index >= 15 is 0 Å². The molecule has 0 aromatic heterocycles. The summed E-state index contributed by atoms with van der Waals surface area (Å²) in [6, 6.07) is 0. The molecule has 0 aliphatic heterocycles. The van der Waals surface area contributed by atoms with Gasteiger partial charge in [0, 0.05) is 8.22 Å². The van der Waals surface area contributed by atoms with E-state index in [4.69, 9.17) is 18.4 Å². The lowest BCUT2D eigenvalue weighted by Crippen LogP contribution is -2.44. The van der Waals surface area contributed by atoms with E-state index in [1.807, 2.05) is 0 Å². The van der Waals surface area contributed by atoms with Crippen molar-refractivity contribution in [2.45, 2.75) is 19.1 Å². The van der Waals surface area contributed by atoms with E-state index < -0.39 is 36.5 Å². The number of rotatable bonds is 2.